The van der Waals surface area contributed by atoms with Gasteiger partial charge >= 0.3 is 0 Å². The minimum Gasteiger partial charge on any atom is -0.394 e. The molecule has 0 aromatic carbocycles. The summed E-state index contributed by atoms with van der Waals surface area (Å²) in [5.74, 6) is -0.162. The minimum absolute atomic E-state index is 0.162. The van der Waals surface area contributed by atoms with Crippen LogP contribution < -0.4 is 5.32 Å². The maximum atomic E-state index is 12.3. The van der Waals surface area contributed by atoms with Crippen molar-refractivity contribution < 1.29 is 20.1 Å². The zero-order valence-electron chi connectivity index (χ0n) is 27.2. The van der Waals surface area contributed by atoms with Crippen molar-refractivity contribution in [2.75, 3.05) is 6.61 Å². The Hall–Kier alpha value is -1.17. The third-order valence-electron chi connectivity index (χ3n) is 8.04. The number of nitrogens with one attached hydrogen (secondary N) is 1. The summed E-state index contributed by atoms with van der Waals surface area (Å²) in [6.07, 6.45) is 35.6. The van der Waals surface area contributed by atoms with Crippen molar-refractivity contribution in [2.45, 2.75) is 193 Å². The van der Waals surface area contributed by atoms with E-state index in [0.717, 1.165) is 44.9 Å². The van der Waals surface area contributed by atoms with E-state index in [2.05, 4.69) is 43.5 Å². The van der Waals surface area contributed by atoms with E-state index >= 15 is 0 Å². The molecule has 4 N–H and O–H groups in total. The molecule has 41 heavy (non-hydrogen) atoms. The SMILES string of the molecule is CCCCCCCCCC/C=C/CC/C=C/CCCC(O)C(O)C(CO)NC(=O)CCCCCCCCCCCC. The summed E-state index contributed by atoms with van der Waals surface area (Å²) in [6.45, 7) is 4.12. The molecule has 3 unspecified atom stereocenters. The summed E-state index contributed by atoms with van der Waals surface area (Å²) in [5, 5.41) is 33.2. The molecule has 0 saturated carbocycles. The summed E-state index contributed by atoms with van der Waals surface area (Å²) >= 11 is 0. The van der Waals surface area contributed by atoms with E-state index in [0.29, 0.717) is 12.8 Å². The van der Waals surface area contributed by atoms with E-state index in [1.54, 1.807) is 0 Å². The Bertz CT molecular complexity index is 606. The molecule has 0 aliphatic heterocycles. The molecule has 0 bridgehead atoms. The van der Waals surface area contributed by atoms with Gasteiger partial charge in [0.05, 0.1) is 18.8 Å². The van der Waals surface area contributed by atoms with Crippen molar-refractivity contribution in [3.63, 3.8) is 0 Å². The molecule has 3 atom stereocenters. The Morgan fingerprint density at radius 2 is 1.00 bits per heavy atom. The Labute approximate surface area is 254 Å². The molecular weight excluding hydrogens is 510 g/mol. The minimum atomic E-state index is -1.16. The third kappa shape index (κ3) is 27.4. The van der Waals surface area contributed by atoms with Crippen molar-refractivity contribution in [2.24, 2.45) is 0 Å². The number of unbranched alkanes of at least 4 members (excludes halogenated alkanes) is 19. The molecule has 0 aliphatic rings. The van der Waals surface area contributed by atoms with Crippen LogP contribution in [0.5, 0.6) is 0 Å². The summed E-state index contributed by atoms with van der Waals surface area (Å²) in [6, 6.07) is -0.825. The fourth-order valence-electron chi connectivity index (χ4n) is 5.23. The normalized spacial score (nSPS) is 14.2. The lowest BCUT2D eigenvalue weighted by Gasteiger charge is -2.26. The highest BCUT2D eigenvalue weighted by atomic mass is 16.3. The predicted octanol–water partition coefficient (Wildman–Crippen LogP) is 9.09. The van der Waals surface area contributed by atoms with Gasteiger partial charge in [-0.25, -0.2) is 0 Å². The molecule has 0 heterocycles. The van der Waals surface area contributed by atoms with Crippen LogP contribution in [0.4, 0.5) is 0 Å². The number of hydrogen-bond donors (Lipinski definition) is 4. The quantitative estimate of drug-likeness (QED) is 0.0487. The van der Waals surface area contributed by atoms with E-state index in [9.17, 15) is 20.1 Å². The summed E-state index contributed by atoms with van der Waals surface area (Å²) < 4.78 is 0. The van der Waals surface area contributed by atoms with Gasteiger partial charge in [0.15, 0.2) is 0 Å². The number of aliphatic hydroxyl groups is 3. The molecule has 5 heteroatoms. The first-order valence-electron chi connectivity index (χ1n) is 17.6. The molecule has 0 aromatic rings. The number of hydrogen-bond acceptors (Lipinski definition) is 4. The van der Waals surface area contributed by atoms with Gasteiger partial charge in [0.1, 0.15) is 6.10 Å². The number of amides is 1. The van der Waals surface area contributed by atoms with Gasteiger partial charge in [0, 0.05) is 6.42 Å². The van der Waals surface area contributed by atoms with Crippen LogP contribution >= 0.6 is 0 Å². The molecule has 0 aromatic heterocycles. The second-order valence-electron chi connectivity index (χ2n) is 12.1. The lowest BCUT2D eigenvalue weighted by atomic mass is 10.0. The number of carbonyl (C=O) groups excluding carboxylic acids is 1. The molecule has 0 saturated heterocycles. The zero-order chi connectivity index (χ0) is 30.2. The van der Waals surface area contributed by atoms with E-state index in [1.165, 1.54) is 103 Å². The van der Waals surface area contributed by atoms with E-state index < -0.39 is 18.2 Å². The zero-order valence-corrected chi connectivity index (χ0v) is 27.2. The Kier molecular flexibility index (Phi) is 30.9. The number of allylic oxidation sites excluding steroid dienone is 4. The molecule has 242 valence electrons. The highest BCUT2D eigenvalue weighted by Gasteiger charge is 2.26. The monoisotopic (exact) mass is 580 g/mol. The first-order valence-corrected chi connectivity index (χ1v) is 17.6. The van der Waals surface area contributed by atoms with Crippen molar-refractivity contribution in [3.8, 4) is 0 Å². The van der Waals surface area contributed by atoms with Gasteiger partial charge in [-0.3, -0.25) is 4.79 Å². The van der Waals surface area contributed by atoms with Gasteiger partial charge in [-0.1, -0.05) is 141 Å². The number of rotatable bonds is 31. The molecule has 1 amide bonds. The van der Waals surface area contributed by atoms with Gasteiger partial charge in [-0.05, 0) is 51.4 Å². The van der Waals surface area contributed by atoms with Crippen molar-refractivity contribution >= 4 is 5.91 Å². The first-order chi connectivity index (χ1) is 20.1. The van der Waals surface area contributed by atoms with Crippen LogP contribution in [0.15, 0.2) is 24.3 Å². The standard InChI is InChI=1S/C36H69NO4/c1-3-5-7-9-11-13-15-16-17-18-19-20-21-22-24-26-28-30-34(39)36(41)33(32-38)37-35(40)31-29-27-25-23-14-12-10-8-6-4-2/h18-19,22,24,33-34,36,38-39,41H,3-17,20-21,23,25-32H2,1-2H3,(H,37,40)/b19-18+,24-22+. The van der Waals surface area contributed by atoms with Gasteiger partial charge in [-0.2, -0.15) is 0 Å². The summed E-state index contributed by atoms with van der Waals surface area (Å²) in [4.78, 5) is 12.3. The Morgan fingerprint density at radius 1 is 0.585 bits per heavy atom. The van der Waals surface area contributed by atoms with E-state index in [-0.39, 0.29) is 12.5 Å². The largest absolute Gasteiger partial charge is 0.394 e. The van der Waals surface area contributed by atoms with Gasteiger partial charge in [-0.15, -0.1) is 0 Å². The fraction of sp³-hybridized carbons (Fsp3) is 0.861. The second-order valence-corrected chi connectivity index (χ2v) is 12.1. The van der Waals surface area contributed by atoms with Crippen LogP contribution in [0.25, 0.3) is 0 Å². The average molecular weight is 580 g/mol. The van der Waals surface area contributed by atoms with Crippen molar-refractivity contribution in [1.29, 1.82) is 0 Å². The highest BCUT2D eigenvalue weighted by molar-refractivity contribution is 5.76. The van der Waals surface area contributed by atoms with Crippen LogP contribution in [-0.2, 0) is 4.79 Å². The van der Waals surface area contributed by atoms with Gasteiger partial charge in [0.25, 0.3) is 0 Å². The molecule has 0 radical (unpaired) electrons. The maximum absolute atomic E-state index is 12.3. The van der Waals surface area contributed by atoms with Crippen molar-refractivity contribution in [3.05, 3.63) is 24.3 Å². The second kappa shape index (κ2) is 31.8. The van der Waals surface area contributed by atoms with Gasteiger partial charge in [0.2, 0.25) is 5.91 Å². The summed E-state index contributed by atoms with van der Waals surface area (Å²) in [5.41, 5.74) is 0. The van der Waals surface area contributed by atoms with E-state index in [1.807, 2.05) is 0 Å². The van der Waals surface area contributed by atoms with E-state index in [4.69, 9.17) is 0 Å². The molecule has 0 spiro atoms. The molecule has 5 nitrogen and oxygen atoms in total. The van der Waals surface area contributed by atoms with Gasteiger partial charge < -0.3 is 20.6 Å². The Balaban J connectivity index is 3.78. The fourth-order valence-corrected chi connectivity index (χ4v) is 5.23. The molecule has 0 aliphatic carbocycles. The van der Waals surface area contributed by atoms with Crippen molar-refractivity contribution in [1.82, 2.24) is 5.32 Å². The molecular formula is C36H69NO4. The number of aliphatic hydroxyl groups excluding tert-OH is 3. The number of carbonyl (C=O) groups is 1. The third-order valence-corrected chi connectivity index (χ3v) is 8.04. The van der Waals surface area contributed by atoms with Crippen LogP contribution in [-0.4, -0.2) is 46.1 Å². The Morgan fingerprint density at radius 3 is 1.49 bits per heavy atom. The summed E-state index contributed by atoms with van der Waals surface area (Å²) in [7, 11) is 0. The van der Waals surface area contributed by atoms with Crippen LogP contribution in [0.3, 0.4) is 0 Å². The highest BCUT2D eigenvalue weighted by Crippen LogP contribution is 2.13. The topological polar surface area (TPSA) is 89.8 Å². The van der Waals surface area contributed by atoms with Crippen LogP contribution in [0.1, 0.15) is 174 Å². The smallest absolute Gasteiger partial charge is 0.220 e. The molecule has 0 rings (SSSR count). The average Bonchev–Trinajstić information content (AvgIpc) is 2.97. The van der Waals surface area contributed by atoms with Crippen LogP contribution in [0, 0.1) is 0 Å². The first kappa shape index (κ1) is 39.8. The predicted molar refractivity (Wildman–Crippen MR) is 176 cm³/mol. The lowest BCUT2D eigenvalue weighted by molar-refractivity contribution is -0.124. The van der Waals surface area contributed by atoms with Crippen LogP contribution in [0.2, 0.25) is 0 Å². The maximum Gasteiger partial charge on any atom is 0.220 e. The lowest BCUT2D eigenvalue weighted by Crippen LogP contribution is -2.50. The molecule has 0 fully saturated rings.